The zero-order valence-electron chi connectivity index (χ0n) is 15.0. The van der Waals surface area contributed by atoms with Gasteiger partial charge in [-0.05, 0) is 43.0 Å². The van der Waals surface area contributed by atoms with E-state index < -0.39 is 0 Å². The molecule has 0 amide bonds. The molecule has 4 nitrogen and oxygen atoms in total. The van der Waals surface area contributed by atoms with Crippen LogP contribution in [0.3, 0.4) is 0 Å². The van der Waals surface area contributed by atoms with Gasteiger partial charge in [0.05, 0.1) is 12.1 Å². The molecule has 0 bridgehead atoms. The van der Waals surface area contributed by atoms with Crippen LogP contribution >= 0.6 is 0 Å². The van der Waals surface area contributed by atoms with Crippen LogP contribution in [0.25, 0.3) is 10.9 Å². The molecule has 2 heterocycles. The molecule has 0 radical (unpaired) electrons. The largest absolute Gasteiger partial charge is 0.488 e. The molecule has 4 heteroatoms. The molecule has 136 valence electrons. The molecule has 0 aliphatic carbocycles. The molecule has 2 aromatic carbocycles. The molecule has 0 saturated carbocycles. The lowest BCUT2D eigenvalue weighted by molar-refractivity contribution is -0.163. The van der Waals surface area contributed by atoms with Crippen molar-refractivity contribution >= 4 is 10.9 Å². The van der Waals surface area contributed by atoms with E-state index in [0.717, 1.165) is 37.1 Å². The van der Waals surface area contributed by atoms with Crippen molar-refractivity contribution in [3.63, 3.8) is 0 Å². The quantitative estimate of drug-likeness (QED) is 0.615. The van der Waals surface area contributed by atoms with E-state index in [1.165, 1.54) is 17.5 Å². The summed E-state index contributed by atoms with van der Waals surface area (Å²) in [5.74, 6) is 0.918. The van der Waals surface area contributed by atoms with E-state index in [-0.39, 0.29) is 6.29 Å². The van der Waals surface area contributed by atoms with Gasteiger partial charge in [-0.25, -0.2) is 0 Å². The van der Waals surface area contributed by atoms with Crippen LogP contribution in [0.15, 0.2) is 60.8 Å². The molecular formula is C22H25NO3. The number of ether oxygens (including phenoxy) is 3. The molecule has 1 fully saturated rings. The maximum Gasteiger partial charge on any atom is 0.157 e. The second-order valence-electron chi connectivity index (χ2n) is 6.64. The monoisotopic (exact) mass is 351 g/mol. The number of fused-ring (bicyclic) bond motifs is 1. The van der Waals surface area contributed by atoms with Gasteiger partial charge in [-0.1, -0.05) is 36.4 Å². The molecule has 0 N–H and O–H groups in total. The first-order valence-electron chi connectivity index (χ1n) is 9.38. The number of hydrogen-bond acceptors (Lipinski definition) is 3. The zero-order valence-corrected chi connectivity index (χ0v) is 15.0. The molecule has 1 aliphatic heterocycles. The van der Waals surface area contributed by atoms with E-state index in [1.807, 2.05) is 30.3 Å². The maximum absolute atomic E-state index is 6.05. The molecule has 4 rings (SSSR count). The lowest BCUT2D eigenvalue weighted by Gasteiger charge is -2.22. The van der Waals surface area contributed by atoms with E-state index >= 15 is 0 Å². The third-order valence-corrected chi connectivity index (χ3v) is 4.78. The highest BCUT2D eigenvalue weighted by Crippen LogP contribution is 2.27. The van der Waals surface area contributed by atoms with Crippen molar-refractivity contribution in [1.82, 2.24) is 4.57 Å². The Morgan fingerprint density at radius 2 is 1.92 bits per heavy atom. The Labute approximate surface area is 154 Å². The van der Waals surface area contributed by atoms with Gasteiger partial charge in [-0.15, -0.1) is 0 Å². The SMILES string of the molecule is c1ccc(COc2cccc3c2ccn3CCOC2CCCCO2)cc1. The predicted octanol–water partition coefficient (Wildman–Crippen LogP) is 4.76. The molecule has 1 aromatic heterocycles. The van der Waals surface area contributed by atoms with Gasteiger partial charge in [0.2, 0.25) is 0 Å². The molecule has 26 heavy (non-hydrogen) atoms. The summed E-state index contributed by atoms with van der Waals surface area (Å²) in [5.41, 5.74) is 2.34. The molecule has 1 aliphatic rings. The van der Waals surface area contributed by atoms with Crippen molar-refractivity contribution in [2.45, 2.75) is 38.7 Å². The number of rotatable bonds is 7. The van der Waals surface area contributed by atoms with Gasteiger partial charge in [0, 0.05) is 24.7 Å². The Bertz CT molecular complexity index is 822. The minimum atomic E-state index is -0.0321. The molecule has 1 saturated heterocycles. The molecule has 3 aromatic rings. The number of aromatic nitrogens is 1. The smallest absolute Gasteiger partial charge is 0.157 e. The maximum atomic E-state index is 6.05. The van der Waals surface area contributed by atoms with Gasteiger partial charge < -0.3 is 18.8 Å². The van der Waals surface area contributed by atoms with Crippen LogP contribution in [0.5, 0.6) is 5.75 Å². The van der Waals surface area contributed by atoms with Gasteiger partial charge in [0.15, 0.2) is 6.29 Å². The van der Waals surface area contributed by atoms with Crippen molar-refractivity contribution < 1.29 is 14.2 Å². The lowest BCUT2D eigenvalue weighted by atomic mass is 10.2. The average Bonchev–Trinajstić information content (AvgIpc) is 3.12. The highest BCUT2D eigenvalue weighted by molar-refractivity contribution is 5.86. The normalized spacial score (nSPS) is 17.5. The number of benzene rings is 2. The standard InChI is InChI=1S/C22H25NO3/c1-2-7-18(8-3-1)17-26-21-10-6-9-20-19(21)12-13-23(20)14-16-25-22-11-4-5-15-24-22/h1-3,6-10,12-13,22H,4-5,11,14-17H2. The van der Waals surface area contributed by atoms with Gasteiger partial charge in [-0.3, -0.25) is 0 Å². The lowest BCUT2D eigenvalue weighted by Crippen LogP contribution is -2.23. The van der Waals surface area contributed by atoms with Gasteiger partial charge in [-0.2, -0.15) is 0 Å². The first kappa shape index (κ1) is 17.1. The third-order valence-electron chi connectivity index (χ3n) is 4.78. The van der Waals surface area contributed by atoms with E-state index in [0.29, 0.717) is 13.2 Å². The molecule has 1 unspecified atom stereocenters. The minimum Gasteiger partial charge on any atom is -0.488 e. The Kier molecular flexibility index (Phi) is 5.53. The van der Waals surface area contributed by atoms with E-state index in [2.05, 4.69) is 35.0 Å². The van der Waals surface area contributed by atoms with Crippen LogP contribution in [0.4, 0.5) is 0 Å². The summed E-state index contributed by atoms with van der Waals surface area (Å²) in [5, 5.41) is 1.14. The van der Waals surface area contributed by atoms with Crippen LogP contribution < -0.4 is 4.74 Å². The fourth-order valence-electron chi connectivity index (χ4n) is 3.38. The Morgan fingerprint density at radius 1 is 1.00 bits per heavy atom. The Balaban J connectivity index is 1.39. The van der Waals surface area contributed by atoms with Gasteiger partial charge >= 0.3 is 0 Å². The van der Waals surface area contributed by atoms with Crippen LogP contribution in [-0.2, 0) is 22.6 Å². The van der Waals surface area contributed by atoms with Crippen LogP contribution in [0.2, 0.25) is 0 Å². The highest BCUT2D eigenvalue weighted by Gasteiger charge is 2.14. The zero-order chi connectivity index (χ0) is 17.6. The fraction of sp³-hybridized carbons (Fsp3) is 0.364. The van der Waals surface area contributed by atoms with Crippen molar-refractivity contribution in [2.24, 2.45) is 0 Å². The number of hydrogen-bond donors (Lipinski definition) is 0. The van der Waals surface area contributed by atoms with Crippen LogP contribution in [-0.4, -0.2) is 24.1 Å². The third kappa shape index (κ3) is 4.09. The summed E-state index contributed by atoms with van der Waals surface area (Å²) < 4.78 is 19.8. The Hall–Kier alpha value is -2.30. The molecular weight excluding hydrogens is 326 g/mol. The minimum absolute atomic E-state index is 0.0321. The fourth-order valence-corrected chi connectivity index (χ4v) is 3.38. The summed E-state index contributed by atoms with van der Waals surface area (Å²) in [7, 11) is 0. The first-order valence-corrected chi connectivity index (χ1v) is 9.38. The van der Waals surface area contributed by atoms with E-state index in [9.17, 15) is 0 Å². The average molecular weight is 351 g/mol. The topological polar surface area (TPSA) is 32.6 Å². The summed E-state index contributed by atoms with van der Waals surface area (Å²) in [4.78, 5) is 0. The molecule has 0 spiro atoms. The second kappa shape index (κ2) is 8.39. The summed E-state index contributed by atoms with van der Waals surface area (Å²) >= 11 is 0. The van der Waals surface area contributed by atoms with Crippen molar-refractivity contribution in [3.8, 4) is 5.75 Å². The predicted molar refractivity (Wildman–Crippen MR) is 102 cm³/mol. The molecule has 1 atom stereocenters. The van der Waals surface area contributed by atoms with Crippen molar-refractivity contribution in [3.05, 3.63) is 66.4 Å². The second-order valence-corrected chi connectivity index (χ2v) is 6.64. The van der Waals surface area contributed by atoms with Gasteiger partial charge in [0.1, 0.15) is 12.4 Å². The van der Waals surface area contributed by atoms with Crippen LogP contribution in [0.1, 0.15) is 24.8 Å². The van der Waals surface area contributed by atoms with Gasteiger partial charge in [0.25, 0.3) is 0 Å². The number of nitrogens with zero attached hydrogens (tertiary/aromatic N) is 1. The van der Waals surface area contributed by atoms with Crippen molar-refractivity contribution in [1.29, 1.82) is 0 Å². The Morgan fingerprint density at radius 3 is 2.77 bits per heavy atom. The van der Waals surface area contributed by atoms with E-state index in [4.69, 9.17) is 14.2 Å². The summed E-state index contributed by atoms with van der Waals surface area (Å²) in [6.45, 7) is 2.86. The summed E-state index contributed by atoms with van der Waals surface area (Å²) in [6.07, 6.45) is 5.41. The summed E-state index contributed by atoms with van der Waals surface area (Å²) in [6, 6.07) is 18.6. The first-order chi connectivity index (χ1) is 12.9. The van der Waals surface area contributed by atoms with Crippen LogP contribution in [0, 0.1) is 0 Å². The van der Waals surface area contributed by atoms with Crippen molar-refractivity contribution in [2.75, 3.05) is 13.2 Å². The highest BCUT2D eigenvalue weighted by atomic mass is 16.7. The van der Waals surface area contributed by atoms with E-state index in [1.54, 1.807) is 0 Å².